The Bertz CT molecular complexity index is 462. The minimum Gasteiger partial charge on any atom is -0.389 e. The van der Waals surface area contributed by atoms with Gasteiger partial charge in [-0.1, -0.05) is 49.9 Å². The second kappa shape index (κ2) is 5.50. The number of fused-ring (bicyclic) bond motifs is 1. The lowest BCUT2D eigenvalue weighted by atomic mass is 9.60. The highest BCUT2D eigenvalue weighted by atomic mass is 16.3. The van der Waals surface area contributed by atoms with Gasteiger partial charge in [0, 0.05) is 18.4 Å². The van der Waals surface area contributed by atoms with Crippen LogP contribution >= 0.6 is 0 Å². The van der Waals surface area contributed by atoms with E-state index in [0.717, 1.165) is 32.1 Å². The van der Waals surface area contributed by atoms with E-state index in [4.69, 9.17) is 5.73 Å². The van der Waals surface area contributed by atoms with Gasteiger partial charge in [-0.05, 0) is 36.8 Å². The molecule has 0 aliphatic heterocycles. The molecule has 0 spiro atoms. The van der Waals surface area contributed by atoms with Crippen LogP contribution in [0.5, 0.6) is 0 Å². The maximum absolute atomic E-state index is 11.4. The molecule has 1 atom stereocenters. The summed E-state index contributed by atoms with van der Waals surface area (Å²) < 4.78 is 0. The summed E-state index contributed by atoms with van der Waals surface area (Å²) in [5.41, 5.74) is 8.27. The van der Waals surface area contributed by atoms with Crippen LogP contribution in [0.4, 0.5) is 0 Å². The normalized spacial score (nSPS) is 29.5. The highest BCUT2D eigenvalue weighted by Crippen LogP contribution is 2.48. The molecule has 1 aromatic rings. The molecule has 1 fully saturated rings. The molecule has 2 aliphatic carbocycles. The Labute approximate surface area is 122 Å². The van der Waals surface area contributed by atoms with E-state index in [0.29, 0.717) is 6.54 Å². The zero-order valence-corrected chi connectivity index (χ0v) is 12.4. The molecule has 1 unspecified atom stereocenters. The summed E-state index contributed by atoms with van der Waals surface area (Å²) in [6.45, 7) is 0.631. The van der Waals surface area contributed by atoms with Crippen molar-refractivity contribution in [1.82, 2.24) is 0 Å². The van der Waals surface area contributed by atoms with E-state index in [1.807, 2.05) is 0 Å². The van der Waals surface area contributed by atoms with Crippen molar-refractivity contribution in [1.29, 1.82) is 0 Å². The third kappa shape index (κ3) is 2.29. The molecule has 0 aromatic heterocycles. The predicted octanol–water partition coefficient (Wildman–Crippen LogP) is 3.21. The third-order valence-corrected chi connectivity index (χ3v) is 5.85. The fraction of sp³-hybridized carbons (Fsp3) is 0.667. The summed E-state index contributed by atoms with van der Waals surface area (Å²) in [6.07, 6.45) is 9.91. The maximum atomic E-state index is 11.4. The number of hydrogen-bond donors (Lipinski definition) is 2. The average Bonchev–Trinajstić information content (AvgIpc) is 2.74. The van der Waals surface area contributed by atoms with E-state index in [1.54, 1.807) is 0 Å². The highest BCUT2D eigenvalue weighted by molar-refractivity contribution is 5.32. The molecule has 2 heteroatoms. The second-order valence-corrected chi connectivity index (χ2v) is 6.88. The van der Waals surface area contributed by atoms with Crippen LogP contribution in [0.1, 0.15) is 56.1 Å². The van der Waals surface area contributed by atoms with Crippen molar-refractivity contribution < 1.29 is 5.11 Å². The van der Waals surface area contributed by atoms with Crippen molar-refractivity contribution in [2.45, 2.75) is 63.4 Å². The lowest BCUT2D eigenvalue weighted by Gasteiger charge is -2.49. The summed E-state index contributed by atoms with van der Waals surface area (Å²) in [7, 11) is 0. The third-order valence-electron chi connectivity index (χ3n) is 5.85. The van der Waals surface area contributed by atoms with Gasteiger partial charge < -0.3 is 10.8 Å². The van der Waals surface area contributed by atoms with E-state index < -0.39 is 5.60 Å². The predicted molar refractivity (Wildman–Crippen MR) is 82.6 cm³/mol. The molecular weight excluding hydrogens is 246 g/mol. The summed E-state index contributed by atoms with van der Waals surface area (Å²) in [5.74, 6) is 0. The molecule has 1 saturated carbocycles. The quantitative estimate of drug-likeness (QED) is 0.813. The van der Waals surface area contributed by atoms with E-state index in [1.165, 1.54) is 36.8 Å². The molecule has 20 heavy (non-hydrogen) atoms. The number of hydrogen-bond acceptors (Lipinski definition) is 2. The number of rotatable bonds is 2. The molecule has 0 heterocycles. The van der Waals surface area contributed by atoms with E-state index in [-0.39, 0.29) is 5.41 Å². The Morgan fingerprint density at radius 3 is 2.25 bits per heavy atom. The summed E-state index contributed by atoms with van der Waals surface area (Å²) in [5, 5.41) is 11.4. The number of aryl methyl sites for hydroxylation is 1. The van der Waals surface area contributed by atoms with Crippen molar-refractivity contribution in [2.75, 3.05) is 6.54 Å². The first-order valence-electron chi connectivity index (χ1n) is 8.18. The fourth-order valence-electron chi connectivity index (χ4n) is 4.44. The first kappa shape index (κ1) is 14.1. The molecule has 0 radical (unpaired) electrons. The Balaban J connectivity index is 1.91. The van der Waals surface area contributed by atoms with Crippen LogP contribution in [0.3, 0.4) is 0 Å². The van der Waals surface area contributed by atoms with E-state index in [2.05, 4.69) is 24.3 Å². The number of aliphatic hydroxyl groups is 1. The molecule has 3 rings (SSSR count). The van der Waals surface area contributed by atoms with Crippen LogP contribution in [0, 0.1) is 5.41 Å². The zero-order valence-electron chi connectivity index (χ0n) is 12.4. The molecule has 110 valence electrons. The van der Waals surface area contributed by atoms with Crippen LogP contribution in [0.15, 0.2) is 24.3 Å². The van der Waals surface area contributed by atoms with Crippen molar-refractivity contribution >= 4 is 0 Å². The van der Waals surface area contributed by atoms with Gasteiger partial charge in [-0.2, -0.15) is 0 Å². The number of benzene rings is 1. The van der Waals surface area contributed by atoms with Gasteiger partial charge in [0.2, 0.25) is 0 Å². The first-order valence-corrected chi connectivity index (χ1v) is 8.18. The smallest absolute Gasteiger partial charge is 0.0759 e. The zero-order chi connectivity index (χ0) is 14.1. The van der Waals surface area contributed by atoms with Crippen LogP contribution in [0.2, 0.25) is 0 Å². The van der Waals surface area contributed by atoms with Gasteiger partial charge in [0.05, 0.1) is 5.60 Å². The van der Waals surface area contributed by atoms with Gasteiger partial charge in [-0.3, -0.25) is 0 Å². The van der Waals surface area contributed by atoms with Crippen molar-refractivity contribution in [3.8, 4) is 0 Å². The minimum absolute atomic E-state index is 0.0585. The molecular formula is C18H27NO. The Kier molecular flexibility index (Phi) is 3.87. The minimum atomic E-state index is -0.597. The van der Waals surface area contributed by atoms with Gasteiger partial charge in [-0.15, -0.1) is 0 Å². The topological polar surface area (TPSA) is 46.2 Å². The molecule has 0 amide bonds. The van der Waals surface area contributed by atoms with Gasteiger partial charge in [0.1, 0.15) is 0 Å². The number of nitrogens with two attached hydrogens (primary N) is 1. The van der Waals surface area contributed by atoms with Gasteiger partial charge >= 0.3 is 0 Å². The van der Waals surface area contributed by atoms with Crippen molar-refractivity contribution in [3.63, 3.8) is 0 Å². The van der Waals surface area contributed by atoms with Crippen LogP contribution in [0.25, 0.3) is 0 Å². The molecule has 2 nitrogen and oxygen atoms in total. The molecule has 1 aromatic carbocycles. The van der Waals surface area contributed by atoms with Crippen molar-refractivity contribution in [3.05, 3.63) is 35.4 Å². The molecule has 0 bridgehead atoms. The average molecular weight is 273 g/mol. The van der Waals surface area contributed by atoms with Gasteiger partial charge in [-0.25, -0.2) is 0 Å². The second-order valence-electron chi connectivity index (χ2n) is 6.88. The highest BCUT2D eigenvalue weighted by Gasteiger charge is 2.50. The van der Waals surface area contributed by atoms with Crippen LogP contribution < -0.4 is 5.73 Å². The summed E-state index contributed by atoms with van der Waals surface area (Å²) in [6, 6.07) is 8.58. The largest absolute Gasteiger partial charge is 0.389 e. The molecule has 0 saturated heterocycles. The van der Waals surface area contributed by atoms with Crippen LogP contribution in [-0.2, 0) is 12.8 Å². The Morgan fingerprint density at radius 2 is 1.60 bits per heavy atom. The Morgan fingerprint density at radius 1 is 0.950 bits per heavy atom. The molecule has 3 N–H and O–H groups in total. The van der Waals surface area contributed by atoms with Crippen molar-refractivity contribution in [2.24, 2.45) is 11.1 Å². The van der Waals surface area contributed by atoms with Gasteiger partial charge in [0.15, 0.2) is 0 Å². The summed E-state index contributed by atoms with van der Waals surface area (Å²) >= 11 is 0. The lowest BCUT2D eigenvalue weighted by Crippen LogP contribution is -2.55. The monoisotopic (exact) mass is 273 g/mol. The van der Waals surface area contributed by atoms with E-state index >= 15 is 0 Å². The molecule has 2 aliphatic rings. The van der Waals surface area contributed by atoms with E-state index in [9.17, 15) is 5.11 Å². The SMILES string of the molecule is NCC1(C2(O)CCc3ccccc3C2)CCCCCC1. The lowest BCUT2D eigenvalue weighted by molar-refractivity contribution is -0.0986. The van der Waals surface area contributed by atoms with Gasteiger partial charge in [0.25, 0.3) is 0 Å². The maximum Gasteiger partial charge on any atom is 0.0759 e. The summed E-state index contributed by atoms with van der Waals surface area (Å²) in [4.78, 5) is 0. The first-order chi connectivity index (χ1) is 9.69. The fourth-order valence-corrected chi connectivity index (χ4v) is 4.44. The Hall–Kier alpha value is -0.860. The van der Waals surface area contributed by atoms with Crippen LogP contribution in [-0.4, -0.2) is 17.3 Å². The standard InChI is InChI=1S/C18H27NO/c19-14-17(10-5-1-2-6-11-17)18(20)12-9-15-7-3-4-8-16(15)13-18/h3-4,7-8,20H,1-2,5-6,9-14,19H2.